The Hall–Kier alpha value is -3.53. The predicted octanol–water partition coefficient (Wildman–Crippen LogP) is 3.32. The second-order valence-electron chi connectivity index (χ2n) is 6.78. The summed E-state index contributed by atoms with van der Waals surface area (Å²) in [5, 5.41) is 15.7. The summed E-state index contributed by atoms with van der Waals surface area (Å²) in [6.07, 6.45) is 0. The Bertz CT molecular complexity index is 1010. The van der Waals surface area contributed by atoms with Crippen molar-refractivity contribution in [3.63, 3.8) is 0 Å². The molecule has 2 aromatic carbocycles. The Morgan fingerprint density at radius 2 is 1.90 bits per heavy atom. The van der Waals surface area contributed by atoms with Gasteiger partial charge < -0.3 is 15.4 Å². The van der Waals surface area contributed by atoms with E-state index in [9.17, 15) is 28.9 Å². The minimum Gasteiger partial charge on any atom is -0.454 e. The van der Waals surface area contributed by atoms with Crippen LogP contribution in [0.3, 0.4) is 0 Å². The van der Waals surface area contributed by atoms with E-state index in [1.165, 1.54) is 30.3 Å². The van der Waals surface area contributed by atoms with E-state index in [0.717, 1.165) is 12.1 Å². The van der Waals surface area contributed by atoms with E-state index in [4.69, 9.17) is 16.3 Å². The molecule has 0 bridgehead atoms. The van der Waals surface area contributed by atoms with Crippen molar-refractivity contribution in [1.29, 1.82) is 0 Å². The molecule has 2 rings (SSSR count). The molecule has 0 heterocycles. The molecule has 0 unspecified atom stereocenters. The Labute approximate surface area is 181 Å². The minimum absolute atomic E-state index is 0.0709. The molecule has 2 amide bonds. The molecule has 31 heavy (non-hydrogen) atoms. The topological polar surface area (TPSA) is 128 Å². The highest BCUT2D eigenvalue weighted by Gasteiger charge is 2.27. The van der Waals surface area contributed by atoms with Gasteiger partial charge in [-0.1, -0.05) is 31.5 Å². The fourth-order valence-corrected chi connectivity index (χ4v) is 2.69. The number of nitrogens with one attached hydrogen (secondary N) is 2. The van der Waals surface area contributed by atoms with Gasteiger partial charge in [0.05, 0.1) is 4.92 Å². The molecule has 1 atom stereocenters. The summed E-state index contributed by atoms with van der Waals surface area (Å²) in [5.74, 6) is -3.27. The highest BCUT2D eigenvalue weighted by atomic mass is 35.5. The highest BCUT2D eigenvalue weighted by Crippen LogP contribution is 2.25. The molecule has 0 aliphatic rings. The number of nitrogens with zero attached hydrogens (tertiary/aromatic N) is 1. The summed E-state index contributed by atoms with van der Waals surface area (Å²) >= 11 is 5.73. The fraction of sp³-hybridized carbons (Fsp3) is 0.250. The maximum Gasteiger partial charge on any atom is 0.329 e. The number of esters is 1. The number of amides is 2. The molecule has 0 saturated heterocycles. The SMILES string of the molecule is CC(C)[C@H](NC(=O)c1ccc(Cl)c([N+](=O)[O-])c1)C(=O)OCC(=O)Nc1cccc(F)c1. The summed E-state index contributed by atoms with van der Waals surface area (Å²) in [6, 6.07) is 7.53. The zero-order chi connectivity index (χ0) is 23.1. The molecule has 9 nitrogen and oxygen atoms in total. The van der Waals surface area contributed by atoms with Crippen LogP contribution in [0, 0.1) is 21.8 Å². The molecule has 164 valence electrons. The van der Waals surface area contributed by atoms with Crippen LogP contribution in [-0.4, -0.2) is 35.4 Å². The maximum atomic E-state index is 13.2. The number of carbonyl (C=O) groups is 3. The lowest BCUT2D eigenvalue weighted by Gasteiger charge is -2.20. The van der Waals surface area contributed by atoms with Gasteiger partial charge in [-0.3, -0.25) is 19.7 Å². The number of anilines is 1. The van der Waals surface area contributed by atoms with Crippen molar-refractivity contribution in [2.45, 2.75) is 19.9 Å². The van der Waals surface area contributed by atoms with Crippen molar-refractivity contribution in [3.05, 3.63) is 69.0 Å². The summed E-state index contributed by atoms with van der Waals surface area (Å²) in [7, 11) is 0. The third-order valence-corrected chi connectivity index (χ3v) is 4.39. The number of carbonyl (C=O) groups excluding carboxylic acids is 3. The molecule has 0 aliphatic heterocycles. The molecular weight excluding hydrogens is 433 g/mol. The normalized spacial score (nSPS) is 11.5. The van der Waals surface area contributed by atoms with E-state index >= 15 is 0 Å². The van der Waals surface area contributed by atoms with Crippen molar-refractivity contribution in [2.75, 3.05) is 11.9 Å². The van der Waals surface area contributed by atoms with E-state index < -0.39 is 52.8 Å². The van der Waals surface area contributed by atoms with Crippen molar-refractivity contribution in [2.24, 2.45) is 5.92 Å². The van der Waals surface area contributed by atoms with Gasteiger partial charge in [0.1, 0.15) is 16.9 Å². The number of hydrogen-bond acceptors (Lipinski definition) is 6. The molecule has 2 N–H and O–H groups in total. The lowest BCUT2D eigenvalue weighted by atomic mass is 10.0. The first-order valence-electron chi connectivity index (χ1n) is 9.05. The average Bonchev–Trinajstić information content (AvgIpc) is 2.70. The van der Waals surface area contributed by atoms with Gasteiger partial charge in [0.2, 0.25) is 0 Å². The Morgan fingerprint density at radius 1 is 1.19 bits per heavy atom. The van der Waals surface area contributed by atoms with Crippen LogP contribution in [0.25, 0.3) is 0 Å². The van der Waals surface area contributed by atoms with Crippen LogP contribution in [0.1, 0.15) is 24.2 Å². The number of hydrogen-bond donors (Lipinski definition) is 2. The highest BCUT2D eigenvalue weighted by molar-refractivity contribution is 6.32. The average molecular weight is 452 g/mol. The lowest BCUT2D eigenvalue weighted by Crippen LogP contribution is -2.46. The van der Waals surface area contributed by atoms with Gasteiger partial charge in [-0.05, 0) is 36.2 Å². The number of nitro benzene ring substituents is 1. The fourth-order valence-electron chi connectivity index (χ4n) is 2.51. The molecular formula is C20H19ClFN3O6. The number of rotatable bonds is 8. The molecule has 0 aliphatic carbocycles. The Kier molecular flexibility index (Phi) is 8.03. The predicted molar refractivity (Wildman–Crippen MR) is 110 cm³/mol. The van der Waals surface area contributed by atoms with E-state index in [-0.39, 0.29) is 16.3 Å². The number of nitro groups is 1. The third kappa shape index (κ3) is 6.75. The lowest BCUT2D eigenvalue weighted by molar-refractivity contribution is -0.384. The summed E-state index contributed by atoms with van der Waals surface area (Å²) in [5.41, 5.74) is -0.329. The second-order valence-corrected chi connectivity index (χ2v) is 7.19. The largest absolute Gasteiger partial charge is 0.454 e. The van der Waals surface area contributed by atoms with Gasteiger partial charge in [0.25, 0.3) is 17.5 Å². The van der Waals surface area contributed by atoms with Gasteiger partial charge >= 0.3 is 5.97 Å². The van der Waals surface area contributed by atoms with Gasteiger partial charge in [-0.15, -0.1) is 0 Å². The number of ether oxygens (including phenoxy) is 1. The van der Waals surface area contributed by atoms with Crippen molar-refractivity contribution < 1.29 is 28.4 Å². The van der Waals surface area contributed by atoms with Crippen molar-refractivity contribution >= 4 is 40.8 Å². The maximum absolute atomic E-state index is 13.2. The minimum atomic E-state index is -1.12. The molecule has 0 fully saturated rings. The van der Waals surface area contributed by atoms with E-state index in [1.54, 1.807) is 13.8 Å². The van der Waals surface area contributed by atoms with E-state index in [0.29, 0.717) is 0 Å². The first kappa shape index (κ1) is 23.7. The first-order chi connectivity index (χ1) is 14.6. The van der Waals surface area contributed by atoms with Gasteiger partial charge in [0, 0.05) is 17.3 Å². The summed E-state index contributed by atoms with van der Waals surface area (Å²) < 4.78 is 18.1. The molecule has 11 heteroatoms. The smallest absolute Gasteiger partial charge is 0.329 e. The van der Waals surface area contributed by atoms with Crippen LogP contribution < -0.4 is 10.6 Å². The molecule has 0 saturated carbocycles. The van der Waals surface area contributed by atoms with Crippen molar-refractivity contribution in [1.82, 2.24) is 5.32 Å². The zero-order valence-electron chi connectivity index (χ0n) is 16.6. The first-order valence-corrected chi connectivity index (χ1v) is 9.43. The van der Waals surface area contributed by atoms with E-state index in [2.05, 4.69) is 10.6 Å². The van der Waals surface area contributed by atoms with E-state index in [1.807, 2.05) is 0 Å². The van der Waals surface area contributed by atoms with Crippen molar-refractivity contribution in [3.8, 4) is 0 Å². The standard InChI is InChI=1S/C20H19ClFN3O6/c1-11(2)18(24-19(27)12-6-7-15(21)16(8-12)25(29)30)20(28)31-10-17(26)23-14-5-3-4-13(22)9-14/h3-9,11,18H,10H2,1-2H3,(H,23,26)(H,24,27)/t18-/m0/s1. The Morgan fingerprint density at radius 3 is 2.52 bits per heavy atom. The van der Waals surface area contributed by atoms with Crippen LogP contribution in [0.15, 0.2) is 42.5 Å². The number of halogens is 2. The van der Waals surface area contributed by atoms with Gasteiger partial charge in [-0.2, -0.15) is 0 Å². The molecule has 2 aromatic rings. The van der Waals surface area contributed by atoms with Gasteiger partial charge in [-0.25, -0.2) is 9.18 Å². The molecule has 0 radical (unpaired) electrons. The summed E-state index contributed by atoms with van der Waals surface area (Å²) in [4.78, 5) is 47.0. The van der Waals surface area contributed by atoms with Crippen LogP contribution >= 0.6 is 11.6 Å². The van der Waals surface area contributed by atoms with Gasteiger partial charge in [0.15, 0.2) is 6.61 Å². The molecule has 0 aromatic heterocycles. The third-order valence-electron chi connectivity index (χ3n) is 4.07. The van der Waals surface area contributed by atoms with Crippen LogP contribution in [0.5, 0.6) is 0 Å². The zero-order valence-corrected chi connectivity index (χ0v) is 17.3. The monoisotopic (exact) mass is 451 g/mol. The number of benzene rings is 2. The summed E-state index contributed by atoms with van der Waals surface area (Å²) in [6.45, 7) is 2.63. The van der Waals surface area contributed by atoms with Crippen LogP contribution in [0.2, 0.25) is 5.02 Å². The van der Waals surface area contributed by atoms with Crippen LogP contribution in [-0.2, 0) is 14.3 Å². The second kappa shape index (κ2) is 10.5. The molecule has 0 spiro atoms. The quantitative estimate of drug-likeness (QED) is 0.360. The Balaban J connectivity index is 2.00. The van der Waals surface area contributed by atoms with Crippen LogP contribution in [0.4, 0.5) is 15.8 Å².